The van der Waals surface area contributed by atoms with E-state index in [0.29, 0.717) is 0 Å². The Kier molecular flexibility index (Phi) is 3.50. The van der Waals surface area contributed by atoms with Crippen molar-refractivity contribution >= 4 is 5.65 Å². The Morgan fingerprint density at radius 2 is 1.54 bits per heavy atom. The van der Waals surface area contributed by atoms with E-state index in [4.69, 9.17) is 4.74 Å². The standard InChI is InChI=1S/C20H17N3O/c1-14-3-5-15(6-4-14)18-13-23-19(11-22-20(23)12-21-18)16-7-9-17(24-2)10-8-16/h3-13H,1-2H3. The predicted molar refractivity (Wildman–Crippen MR) is 95.1 cm³/mol. The van der Waals surface area contributed by atoms with Gasteiger partial charge in [0.15, 0.2) is 5.65 Å². The first-order valence-corrected chi connectivity index (χ1v) is 7.79. The Morgan fingerprint density at radius 3 is 2.25 bits per heavy atom. The zero-order valence-corrected chi connectivity index (χ0v) is 13.6. The summed E-state index contributed by atoms with van der Waals surface area (Å²) in [6.45, 7) is 2.08. The molecule has 4 rings (SSSR count). The van der Waals surface area contributed by atoms with Gasteiger partial charge in [-0.3, -0.25) is 9.38 Å². The van der Waals surface area contributed by atoms with Gasteiger partial charge in [0.25, 0.3) is 0 Å². The van der Waals surface area contributed by atoms with E-state index in [9.17, 15) is 0 Å². The molecule has 0 unspecified atom stereocenters. The van der Waals surface area contributed by atoms with Gasteiger partial charge in [0.1, 0.15) is 5.75 Å². The van der Waals surface area contributed by atoms with Crippen molar-refractivity contribution < 1.29 is 4.74 Å². The van der Waals surface area contributed by atoms with Crippen molar-refractivity contribution in [2.24, 2.45) is 0 Å². The minimum absolute atomic E-state index is 0.830. The van der Waals surface area contributed by atoms with Crippen molar-refractivity contribution in [2.45, 2.75) is 6.92 Å². The number of aromatic nitrogens is 3. The second kappa shape index (κ2) is 5.81. The van der Waals surface area contributed by atoms with E-state index in [2.05, 4.69) is 45.6 Å². The first kappa shape index (κ1) is 14.5. The molecule has 0 aliphatic rings. The molecular weight excluding hydrogens is 298 g/mol. The first-order valence-electron chi connectivity index (χ1n) is 7.79. The number of ether oxygens (including phenoxy) is 1. The van der Waals surface area contributed by atoms with E-state index in [1.54, 1.807) is 7.11 Å². The van der Waals surface area contributed by atoms with Gasteiger partial charge in [-0.2, -0.15) is 0 Å². The number of hydrogen-bond acceptors (Lipinski definition) is 3. The summed E-state index contributed by atoms with van der Waals surface area (Å²) < 4.78 is 7.30. The summed E-state index contributed by atoms with van der Waals surface area (Å²) in [5.74, 6) is 0.842. The molecular formula is C20H17N3O. The smallest absolute Gasteiger partial charge is 0.155 e. The van der Waals surface area contributed by atoms with Gasteiger partial charge in [0, 0.05) is 17.3 Å². The van der Waals surface area contributed by atoms with Crippen LogP contribution in [0.25, 0.3) is 28.2 Å². The second-order valence-electron chi connectivity index (χ2n) is 5.74. The third-order valence-electron chi connectivity index (χ3n) is 4.13. The number of imidazole rings is 1. The zero-order chi connectivity index (χ0) is 16.5. The van der Waals surface area contributed by atoms with E-state index in [0.717, 1.165) is 33.9 Å². The summed E-state index contributed by atoms with van der Waals surface area (Å²) in [5.41, 5.74) is 6.21. The molecule has 0 amide bonds. The number of fused-ring (bicyclic) bond motifs is 1. The fraction of sp³-hybridized carbons (Fsp3) is 0.100. The molecule has 0 N–H and O–H groups in total. The molecule has 0 aliphatic carbocycles. The molecule has 0 fully saturated rings. The highest BCUT2D eigenvalue weighted by atomic mass is 16.5. The van der Waals surface area contributed by atoms with Crippen molar-refractivity contribution in [1.29, 1.82) is 0 Å². The van der Waals surface area contributed by atoms with E-state index < -0.39 is 0 Å². The first-order chi connectivity index (χ1) is 11.7. The van der Waals surface area contributed by atoms with Crippen LogP contribution in [0.4, 0.5) is 0 Å². The Hall–Kier alpha value is -3.14. The lowest BCUT2D eigenvalue weighted by molar-refractivity contribution is 0.415. The molecule has 2 aromatic carbocycles. The Labute approximate surface area is 140 Å². The van der Waals surface area contributed by atoms with E-state index in [1.807, 2.05) is 42.9 Å². The molecule has 4 aromatic rings. The molecule has 24 heavy (non-hydrogen) atoms. The fourth-order valence-corrected chi connectivity index (χ4v) is 2.74. The van der Waals surface area contributed by atoms with Crippen LogP contribution in [0.2, 0.25) is 0 Å². The SMILES string of the molecule is COc1ccc(-c2cnc3cnc(-c4ccc(C)cc4)cn23)cc1. The minimum atomic E-state index is 0.830. The van der Waals surface area contributed by atoms with Gasteiger partial charge < -0.3 is 4.74 Å². The minimum Gasteiger partial charge on any atom is -0.497 e. The molecule has 0 saturated carbocycles. The van der Waals surface area contributed by atoms with Crippen LogP contribution in [0.5, 0.6) is 5.75 Å². The van der Waals surface area contributed by atoms with Crippen LogP contribution in [0.3, 0.4) is 0 Å². The normalized spacial score (nSPS) is 10.9. The molecule has 2 aromatic heterocycles. The zero-order valence-electron chi connectivity index (χ0n) is 13.6. The van der Waals surface area contributed by atoms with Crippen LogP contribution < -0.4 is 4.74 Å². The molecule has 0 atom stereocenters. The maximum Gasteiger partial charge on any atom is 0.155 e. The molecule has 0 bridgehead atoms. The summed E-state index contributed by atoms with van der Waals surface area (Å²) in [7, 11) is 1.67. The Bertz CT molecular complexity index is 986. The molecule has 2 heterocycles. The number of methoxy groups -OCH3 is 1. The van der Waals surface area contributed by atoms with Crippen molar-refractivity contribution in [2.75, 3.05) is 7.11 Å². The van der Waals surface area contributed by atoms with Gasteiger partial charge in [0.05, 0.1) is 30.9 Å². The van der Waals surface area contributed by atoms with Crippen molar-refractivity contribution in [3.8, 4) is 28.3 Å². The average molecular weight is 315 g/mol. The number of hydrogen-bond donors (Lipinski definition) is 0. The third-order valence-corrected chi connectivity index (χ3v) is 4.13. The quantitative estimate of drug-likeness (QED) is 0.563. The van der Waals surface area contributed by atoms with Crippen LogP contribution in [-0.4, -0.2) is 21.5 Å². The predicted octanol–water partition coefficient (Wildman–Crippen LogP) is 4.38. The summed E-state index contributed by atoms with van der Waals surface area (Å²) in [4.78, 5) is 8.99. The molecule has 0 spiro atoms. The maximum absolute atomic E-state index is 5.23. The maximum atomic E-state index is 5.23. The van der Waals surface area contributed by atoms with E-state index >= 15 is 0 Å². The van der Waals surface area contributed by atoms with Crippen LogP contribution in [0.15, 0.2) is 67.1 Å². The average Bonchev–Trinajstić information content (AvgIpc) is 3.05. The second-order valence-corrected chi connectivity index (χ2v) is 5.74. The van der Waals surface area contributed by atoms with Gasteiger partial charge >= 0.3 is 0 Å². The molecule has 0 radical (unpaired) electrons. The number of aryl methyl sites for hydroxylation is 1. The third kappa shape index (κ3) is 2.52. The summed E-state index contributed by atoms with van der Waals surface area (Å²) >= 11 is 0. The molecule has 0 aliphatic heterocycles. The van der Waals surface area contributed by atoms with E-state index in [1.165, 1.54) is 5.56 Å². The summed E-state index contributed by atoms with van der Waals surface area (Å²) in [6.07, 6.45) is 5.71. The van der Waals surface area contributed by atoms with Gasteiger partial charge in [-0.15, -0.1) is 0 Å². The number of benzene rings is 2. The van der Waals surface area contributed by atoms with Gasteiger partial charge in [-0.05, 0) is 31.2 Å². The summed E-state index contributed by atoms with van der Waals surface area (Å²) in [5, 5.41) is 0. The van der Waals surface area contributed by atoms with Gasteiger partial charge in [-0.1, -0.05) is 29.8 Å². The highest BCUT2D eigenvalue weighted by molar-refractivity contribution is 5.67. The van der Waals surface area contributed by atoms with Crippen molar-refractivity contribution in [1.82, 2.24) is 14.4 Å². The Morgan fingerprint density at radius 1 is 0.833 bits per heavy atom. The largest absolute Gasteiger partial charge is 0.497 e. The van der Waals surface area contributed by atoms with Crippen molar-refractivity contribution in [3.05, 3.63) is 72.7 Å². The van der Waals surface area contributed by atoms with Crippen molar-refractivity contribution in [3.63, 3.8) is 0 Å². The van der Waals surface area contributed by atoms with Crippen LogP contribution >= 0.6 is 0 Å². The number of rotatable bonds is 3. The monoisotopic (exact) mass is 315 g/mol. The molecule has 0 saturated heterocycles. The topological polar surface area (TPSA) is 39.4 Å². The summed E-state index contributed by atoms with van der Waals surface area (Å²) in [6, 6.07) is 16.4. The van der Waals surface area contributed by atoms with Crippen LogP contribution in [0.1, 0.15) is 5.56 Å². The lowest BCUT2D eigenvalue weighted by Gasteiger charge is -2.06. The molecule has 4 nitrogen and oxygen atoms in total. The highest BCUT2D eigenvalue weighted by Crippen LogP contribution is 2.25. The van der Waals surface area contributed by atoms with E-state index in [-0.39, 0.29) is 0 Å². The molecule has 118 valence electrons. The van der Waals surface area contributed by atoms with Crippen LogP contribution in [-0.2, 0) is 0 Å². The number of nitrogens with zero attached hydrogens (tertiary/aromatic N) is 3. The fourth-order valence-electron chi connectivity index (χ4n) is 2.74. The molecule has 4 heteroatoms. The highest BCUT2D eigenvalue weighted by Gasteiger charge is 2.08. The lowest BCUT2D eigenvalue weighted by Crippen LogP contribution is -1.93. The van der Waals surface area contributed by atoms with Gasteiger partial charge in [-0.25, -0.2) is 4.98 Å². The Balaban J connectivity index is 1.82. The van der Waals surface area contributed by atoms with Crippen LogP contribution in [0, 0.1) is 6.92 Å². The van der Waals surface area contributed by atoms with Gasteiger partial charge in [0.2, 0.25) is 0 Å². The lowest BCUT2D eigenvalue weighted by atomic mass is 10.1.